The van der Waals surface area contributed by atoms with Crippen LogP contribution < -0.4 is 5.32 Å². The molecule has 3 atom stereocenters. The quantitative estimate of drug-likeness (QED) is 0.745. The van der Waals surface area contributed by atoms with Gasteiger partial charge in [-0.15, -0.1) is 0 Å². The van der Waals surface area contributed by atoms with Crippen LogP contribution in [0.4, 0.5) is 0 Å². The van der Waals surface area contributed by atoms with Gasteiger partial charge in [0.05, 0.1) is 6.61 Å². The molecule has 3 fully saturated rings. The van der Waals surface area contributed by atoms with Crippen molar-refractivity contribution in [3.8, 4) is 0 Å². The van der Waals surface area contributed by atoms with Crippen LogP contribution in [0, 0.1) is 0 Å². The summed E-state index contributed by atoms with van der Waals surface area (Å²) in [4.78, 5) is 5.21. The maximum Gasteiger partial charge on any atom is 0.0614 e. The normalized spacial score (nSPS) is 37.7. The smallest absolute Gasteiger partial charge is 0.0614 e. The molecule has 0 aromatic heterocycles. The van der Waals surface area contributed by atoms with Crippen LogP contribution in [0.2, 0.25) is 0 Å². The number of hydrogen-bond acceptors (Lipinski definition) is 4. The monoisotopic (exact) mass is 295 g/mol. The maximum atomic E-state index is 9.87. The van der Waals surface area contributed by atoms with Crippen molar-refractivity contribution in [2.45, 2.75) is 75.5 Å². The molecule has 2 aliphatic carbocycles. The van der Waals surface area contributed by atoms with Crippen molar-refractivity contribution < 1.29 is 5.11 Å². The van der Waals surface area contributed by atoms with E-state index in [1.165, 1.54) is 51.7 Å². The van der Waals surface area contributed by atoms with Crippen LogP contribution >= 0.6 is 0 Å². The highest BCUT2D eigenvalue weighted by atomic mass is 16.3. The summed E-state index contributed by atoms with van der Waals surface area (Å²) in [5, 5.41) is 13.6. The highest BCUT2D eigenvalue weighted by molar-refractivity contribution is 5.03. The summed E-state index contributed by atoms with van der Waals surface area (Å²) in [6.45, 7) is 6.25. The Labute approximate surface area is 129 Å². The van der Waals surface area contributed by atoms with E-state index < -0.39 is 0 Å². The molecule has 3 rings (SSSR count). The molecule has 3 unspecified atom stereocenters. The van der Waals surface area contributed by atoms with Gasteiger partial charge in [0.1, 0.15) is 0 Å². The SMILES string of the molecule is CCN1CCCC1CN(C)C1CCC(CO)(NC2CC2)C1. The van der Waals surface area contributed by atoms with Crippen LogP contribution in [0.1, 0.15) is 51.9 Å². The minimum absolute atomic E-state index is 0.0141. The van der Waals surface area contributed by atoms with Gasteiger partial charge < -0.3 is 15.3 Å². The van der Waals surface area contributed by atoms with Crippen molar-refractivity contribution in [3.05, 3.63) is 0 Å². The van der Waals surface area contributed by atoms with E-state index in [0.29, 0.717) is 18.7 Å². The Morgan fingerprint density at radius 2 is 2.10 bits per heavy atom. The molecule has 0 aromatic carbocycles. The Balaban J connectivity index is 1.52. The first-order valence-corrected chi connectivity index (χ1v) is 8.98. The zero-order chi connectivity index (χ0) is 14.9. The molecule has 122 valence electrons. The van der Waals surface area contributed by atoms with Crippen LogP contribution in [-0.4, -0.2) is 71.9 Å². The number of aliphatic hydroxyl groups excluding tert-OH is 1. The predicted molar refractivity (Wildman–Crippen MR) is 86.5 cm³/mol. The number of nitrogens with zero attached hydrogens (tertiary/aromatic N) is 2. The first-order chi connectivity index (χ1) is 10.2. The Kier molecular flexibility index (Phi) is 4.89. The van der Waals surface area contributed by atoms with E-state index in [0.717, 1.165) is 18.9 Å². The third-order valence-electron chi connectivity index (χ3n) is 6.00. The lowest BCUT2D eigenvalue weighted by molar-refractivity contribution is 0.134. The zero-order valence-electron chi connectivity index (χ0n) is 13.9. The van der Waals surface area contributed by atoms with Crippen molar-refractivity contribution in [2.75, 3.05) is 33.3 Å². The van der Waals surface area contributed by atoms with Gasteiger partial charge in [0, 0.05) is 30.2 Å². The van der Waals surface area contributed by atoms with Gasteiger partial charge in [-0.05, 0) is 65.1 Å². The molecule has 2 N–H and O–H groups in total. The molecular formula is C17H33N3O. The van der Waals surface area contributed by atoms with Gasteiger partial charge in [-0.25, -0.2) is 0 Å². The lowest BCUT2D eigenvalue weighted by Crippen LogP contribution is -2.49. The number of likely N-dealkylation sites (N-methyl/N-ethyl adjacent to an activating group) is 2. The molecule has 0 bridgehead atoms. The second-order valence-electron chi connectivity index (χ2n) is 7.62. The van der Waals surface area contributed by atoms with Crippen molar-refractivity contribution in [2.24, 2.45) is 0 Å². The minimum atomic E-state index is 0.0141. The number of hydrogen-bond donors (Lipinski definition) is 2. The molecular weight excluding hydrogens is 262 g/mol. The van der Waals surface area contributed by atoms with Gasteiger partial charge in [0.2, 0.25) is 0 Å². The Bertz CT molecular complexity index is 347. The van der Waals surface area contributed by atoms with E-state index in [1.807, 2.05) is 0 Å². The van der Waals surface area contributed by atoms with Gasteiger partial charge in [0.25, 0.3) is 0 Å². The predicted octanol–water partition coefficient (Wildman–Crippen LogP) is 1.44. The highest BCUT2D eigenvalue weighted by Crippen LogP contribution is 2.36. The molecule has 0 spiro atoms. The molecule has 2 saturated carbocycles. The van der Waals surface area contributed by atoms with E-state index in [9.17, 15) is 5.11 Å². The lowest BCUT2D eigenvalue weighted by atomic mass is 9.98. The molecule has 21 heavy (non-hydrogen) atoms. The molecule has 0 aromatic rings. The number of nitrogens with one attached hydrogen (secondary N) is 1. The third-order valence-corrected chi connectivity index (χ3v) is 6.00. The summed E-state index contributed by atoms with van der Waals surface area (Å²) < 4.78 is 0. The summed E-state index contributed by atoms with van der Waals surface area (Å²) in [5.41, 5.74) is 0.0141. The third kappa shape index (κ3) is 3.61. The van der Waals surface area contributed by atoms with E-state index in [4.69, 9.17) is 0 Å². The van der Waals surface area contributed by atoms with Gasteiger partial charge in [0.15, 0.2) is 0 Å². The molecule has 1 heterocycles. The number of likely N-dealkylation sites (tertiary alicyclic amines) is 1. The second-order valence-corrected chi connectivity index (χ2v) is 7.62. The molecule has 0 amide bonds. The van der Waals surface area contributed by atoms with Crippen LogP contribution in [-0.2, 0) is 0 Å². The van der Waals surface area contributed by atoms with Crippen LogP contribution in [0.3, 0.4) is 0 Å². The minimum Gasteiger partial charge on any atom is -0.394 e. The standard InChI is InChI=1S/C17H33N3O/c1-3-20-10-4-5-16(20)12-19(2)15-8-9-17(11-15,13-21)18-14-6-7-14/h14-16,18,21H,3-13H2,1-2H3. The molecule has 0 radical (unpaired) electrons. The first kappa shape index (κ1) is 15.7. The number of aliphatic hydroxyl groups is 1. The summed E-state index contributed by atoms with van der Waals surface area (Å²) in [6, 6.07) is 2.08. The van der Waals surface area contributed by atoms with Crippen molar-refractivity contribution in [1.82, 2.24) is 15.1 Å². The van der Waals surface area contributed by atoms with Gasteiger partial charge in [-0.3, -0.25) is 4.90 Å². The number of rotatable bonds is 7. The summed E-state index contributed by atoms with van der Waals surface area (Å²) in [6.07, 6.45) is 8.81. The fraction of sp³-hybridized carbons (Fsp3) is 1.00. The van der Waals surface area contributed by atoms with Crippen LogP contribution in [0.25, 0.3) is 0 Å². The van der Waals surface area contributed by atoms with Gasteiger partial charge >= 0.3 is 0 Å². The molecule has 1 saturated heterocycles. The molecule has 3 aliphatic rings. The zero-order valence-corrected chi connectivity index (χ0v) is 13.9. The second kappa shape index (κ2) is 6.53. The molecule has 4 nitrogen and oxygen atoms in total. The lowest BCUT2D eigenvalue weighted by Gasteiger charge is -2.33. The van der Waals surface area contributed by atoms with Crippen LogP contribution in [0.15, 0.2) is 0 Å². The van der Waals surface area contributed by atoms with E-state index in [-0.39, 0.29) is 5.54 Å². The van der Waals surface area contributed by atoms with Gasteiger partial charge in [-0.1, -0.05) is 6.92 Å². The first-order valence-electron chi connectivity index (χ1n) is 8.98. The summed E-state index contributed by atoms with van der Waals surface area (Å²) in [7, 11) is 2.29. The Morgan fingerprint density at radius 3 is 2.76 bits per heavy atom. The highest BCUT2D eigenvalue weighted by Gasteiger charge is 2.43. The topological polar surface area (TPSA) is 38.7 Å². The fourth-order valence-electron chi connectivity index (χ4n) is 4.46. The Hall–Kier alpha value is -0.160. The summed E-state index contributed by atoms with van der Waals surface area (Å²) >= 11 is 0. The Morgan fingerprint density at radius 1 is 1.29 bits per heavy atom. The summed E-state index contributed by atoms with van der Waals surface area (Å²) in [5.74, 6) is 0. The fourth-order valence-corrected chi connectivity index (χ4v) is 4.46. The van der Waals surface area contributed by atoms with E-state index in [1.54, 1.807) is 0 Å². The van der Waals surface area contributed by atoms with E-state index >= 15 is 0 Å². The maximum absolute atomic E-state index is 9.87. The average molecular weight is 295 g/mol. The molecule has 4 heteroatoms. The molecule has 1 aliphatic heterocycles. The average Bonchev–Trinajstić information content (AvgIpc) is 3.02. The van der Waals surface area contributed by atoms with Crippen molar-refractivity contribution in [3.63, 3.8) is 0 Å². The van der Waals surface area contributed by atoms with Gasteiger partial charge in [-0.2, -0.15) is 0 Å². The van der Waals surface area contributed by atoms with Crippen molar-refractivity contribution >= 4 is 0 Å². The van der Waals surface area contributed by atoms with Crippen molar-refractivity contribution in [1.29, 1.82) is 0 Å². The van der Waals surface area contributed by atoms with E-state index in [2.05, 4.69) is 29.1 Å². The largest absolute Gasteiger partial charge is 0.394 e. The van der Waals surface area contributed by atoms with Crippen LogP contribution in [0.5, 0.6) is 0 Å².